The van der Waals surface area contributed by atoms with Crippen LogP contribution in [0.1, 0.15) is 13.8 Å². The first kappa shape index (κ1) is 16.5. The summed E-state index contributed by atoms with van der Waals surface area (Å²) in [4.78, 5) is 11.2. The van der Waals surface area contributed by atoms with Gasteiger partial charge in [-0.1, -0.05) is 0 Å². The summed E-state index contributed by atoms with van der Waals surface area (Å²) >= 11 is 0. The van der Waals surface area contributed by atoms with Crippen molar-refractivity contribution in [2.24, 2.45) is 5.73 Å². The van der Waals surface area contributed by atoms with Gasteiger partial charge in [0.2, 0.25) is 10.0 Å². The number of nitrogens with one attached hydrogen (secondary N) is 2. The predicted molar refractivity (Wildman–Crippen MR) is 80.6 cm³/mol. The molecule has 1 aromatic rings. The van der Waals surface area contributed by atoms with Crippen molar-refractivity contribution in [2.45, 2.75) is 24.3 Å². The number of ether oxygens (including phenoxy) is 2. The van der Waals surface area contributed by atoms with Crippen molar-refractivity contribution in [3.05, 3.63) is 12.1 Å². The largest absolute Gasteiger partial charge is 0.495 e. The summed E-state index contributed by atoms with van der Waals surface area (Å²) < 4.78 is 38.0. The van der Waals surface area contributed by atoms with Crippen LogP contribution in [0, 0.1) is 0 Å². The number of amides is 1. The van der Waals surface area contributed by atoms with Crippen LogP contribution in [0.2, 0.25) is 0 Å². The van der Waals surface area contributed by atoms with E-state index < -0.39 is 15.6 Å². The first-order valence-corrected chi connectivity index (χ1v) is 8.05. The third kappa shape index (κ3) is 3.32. The van der Waals surface area contributed by atoms with Crippen molar-refractivity contribution in [3.63, 3.8) is 0 Å². The molecule has 0 unspecified atom stereocenters. The molecule has 0 fully saturated rings. The van der Waals surface area contributed by atoms with Crippen LogP contribution in [0.15, 0.2) is 17.0 Å². The molecule has 1 amide bonds. The van der Waals surface area contributed by atoms with E-state index in [0.717, 1.165) is 0 Å². The van der Waals surface area contributed by atoms with E-state index in [1.165, 1.54) is 19.2 Å². The molecule has 0 atom stereocenters. The minimum Gasteiger partial charge on any atom is -0.495 e. The summed E-state index contributed by atoms with van der Waals surface area (Å²) in [5.74, 6) is 0.0590. The summed E-state index contributed by atoms with van der Waals surface area (Å²) in [5, 5.41) is 2.59. The monoisotopic (exact) mass is 329 g/mol. The molecule has 2 rings (SSSR count). The van der Waals surface area contributed by atoms with Gasteiger partial charge in [-0.05, 0) is 13.8 Å². The molecule has 122 valence electrons. The zero-order valence-electron chi connectivity index (χ0n) is 12.6. The highest BCUT2D eigenvalue weighted by molar-refractivity contribution is 7.89. The maximum Gasteiger partial charge on any atom is 0.262 e. The lowest BCUT2D eigenvalue weighted by molar-refractivity contribution is -0.118. The van der Waals surface area contributed by atoms with Crippen molar-refractivity contribution in [3.8, 4) is 11.5 Å². The number of carbonyl (C=O) groups is 1. The summed E-state index contributed by atoms with van der Waals surface area (Å²) in [6.45, 7) is 3.31. The molecule has 22 heavy (non-hydrogen) atoms. The second-order valence-corrected chi connectivity index (χ2v) is 7.18. The minimum atomic E-state index is -3.87. The SMILES string of the molecule is COc1cc2c(cc1S(=O)(=O)NC(C)(C)CN)OCC(=O)N2. The Balaban J connectivity index is 2.48. The van der Waals surface area contributed by atoms with E-state index in [4.69, 9.17) is 15.2 Å². The molecule has 0 saturated carbocycles. The highest BCUT2D eigenvalue weighted by Crippen LogP contribution is 2.37. The second-order valence-electron chi connectivity index (χ2n) is 5.53. The van der Waals surface area contributed by atoms with Crippen molar-refractivity contribution >= 4 is 21.6 Å². The summed E-state index contributed by atoms with van der Waals surface area (Å²) in [5.41, 5.74) is 5.11. The van der Waals surface area contributed by atoms with Crippen LogP contribution in [0.4, 0.5) is 5.69 Å². The van der Waals surface area contributed by atoms with E-state index in [1.807, 2.05) is 0 Å². The number of hydrogen-bond acceptors (Lipinski definition) is 6. The van der Waals surface area contributed by atoms with Crippen molar-refractivity contribution < 1.29 is 22.7 Å². The van der Waals surface area contributed by atoms with Gasteiger partial charge < -0.3 is 20.5 Å². The van der Waals surface area contributed by atoms with Gasteiger partial charge in [-0.25, -0.2) is 13.1 Å². The average molecular weight is 329 g/mol. The number of sulfonamides is 1. The van der Waals surface area contributed by atoms with Gasteiger partial charge >= 0.3 is 0 Å². The standard InChI is InChI=1S/C13H19N3O5S/c1-13(2,7-14)16-22(18,19)11-5-9-8(4-10(11)20-3)15-12(17)6-21-9/h4-5,16H,6-7,14H2,1-3H3,(H,15,17). The molecule has 1 aromatic carbocycles. The van der Waals surface area contributed by atoms with E-state index in [0.29, 0.717) is 5.69 Å². The zero-order valence-corrected chi connectivity index (χ0v) is 13.4. The van der Waals surface area contributed by atoms with Crippen LogP contribution < -0.4 is 25.2 Å². The highest BCUT2D eigenvalue weighted by Gasteiger charge is 2.30. The Morgan fingerprint density at radius 3 is 2.73 bits per heavy atom. The van der Waals surface area contributed by atoms with E-state index in [1.54, 1.807) is 13.8 Å². The average Bonchev–Trinajstić information content (AvgIpc) is 2.44. The molecule has 1 heterocycles. The van der Waals surface area contributed by atoms with Gasteiger partial charge in [0.05, 0.1) is 12.8 Å². The minimum absolute atomic E-state index is 0.0774. The number of nitrogens with two attached hydrogens (primary N) is 1. The maximum absolute atomic E-state index is 12.5. The summed E-state index contributed by atoms with van der Waals surface area (Å²) in [7, 11) is -2.52. The van der Waals surface area contributed by atoms with Crippen LogP contribution >= 0.6 is 0 Å². The van der Waals surface area contributed by atoms with Crippen LogP contribution in [0.5, 0.6) is 11.5 Å². The Labute approximate surface area is 129 Å². The van der Waals surface area contributed by atoms with Crippen molar-refractivity contribution in [1.82, 2.24) is 4.72 Å². The lowest BCUT2D eigenvalue weighted by atomic mass is 10.1. The van der Waals surface area contributed by atoms with Gasteiger partial charge in [-0.2, -0.15) is 0 Å². The summed E-state index contributed by atoms with van der Waals surface area (Å²) in [6, 6.07) is 2.74. The summed E-state index contributed by atoms with van der Waals surface area (Å²) in [6.07, 6.45) is 0. The molecular weight excluding hydrogens is 310 g/mol. The topological polar surface area (TPSA) is 120 Å². The first-order chi connectivity index (χ1) is 10.2. The van der Waals surface area contributed by atoms with Crippen LogP contribution in [-0.4, -0.2) is 40.1 Å². The normalized spacial score (nSPS) is 14.8. The number of methoxy groups -OCH3 is 1. The molecule has 0 spiro atoms. The Hall–Kier alpha value is -1.84. The Morgan fingerprint density at radius 1 is 1.45 bits per heavy atom. The second kappa shape index (κ2) is 5.75. The fraction of sp³-hybridized carbons (Fsp3) is 0.462. The Kier molecular flexibility index (Phi) is 4.32. The van der Waals surface area contributed by atoms with Gasteiger partial charge in [0.1, 0.15) is 16.4 Å². The number of benzene rings is 1. The molecule has 8 nitrogen and oxygen atoms in total. The maximum atomic E-state index is 12.5. The van der Waals surface area contributed by atoms with Crippen LogP contribution in [-0.2, 0) is 14.8 Å². The first-order valence-electron chi connectivity index (χ1n) is 6.57. The van der Waals surface area contributed by atoms with Gasteiger partial charge in [0.15, 0.2) is 6.61 Å². The number of fused-ring (bicyclic) bond motifs is 1. The lowest BCUT2D eigenvalue weighted by Crippen LogP contribution is -2.48. The fourth-order valence-corrected chi connectivity index (χ4v) is 3.51. The third-order valence-electron chi connectivity index (χ3n) is 3.11. The lowest BCUT2D eigenvalue weighted by Gasteiger charge is -2.25. The number of anilines is 1. The molecule has 1 aliphatic heterocycles. The molecule has 0 aliphatic carbocycles. The number of hydrogen-bond donors (Lipinski definition) is 3. The van der Waals surface area contributed by atoms with Crippen molar-refractivity contribution in [1.29, 1.82) is 0 Å². The Bertz CT molecular complexity index is 700. The third-order valence-corrected chi connectivity index (χ3v) is 4.83. The van der Waals surface area contributed by atoms with Crippen LogP contribution in [0.3, 0.4) is 0 Å². The van der Waals surface area contributed by atoms with Crippen molar-refractivity contribution in [2.75, 3.05) is 25.6 Å². The van der Waals surface area contributed by atoms with Crippen LogP contribution in [0.25, 0.3) is 0 Å². The molecule has 0 bridgehead atoms. The van der Waals surface area contributed by atoms with Gasteiger partial charge in [0.25, 0.3) is 5.91 Å². The number of rotatable bonds is 5. The van der Waals surface area contributed by atoms with E-state index in [-0.39, 0.29) is 35.5 Å². The smallest absolute Gasteiger partial charge is 0.262 e. The molecule has 4 N–H and O–H groups in total. The van der Waals surface area contributed by atoms with E-state index >= 15 is 0 Å². The molecule has 0 saturated heterocycles. The van der Waals surface area contributed by atoms with Gasteiger partial charge in [-0.15, -0.1) is 0 Å². The molecule has 1 aliphatic rings. The molecular formula is C13H19N3O5S. The Morgan fingerprint density at radius 2 is 2.14 bits per heavy atom. The predicted octanol–water partition coefficient (Wildman–Crippen LogP) is 0.0417. The molecule has 9 heteroatoms. The van der Waals surface area contributed by atoms with E-state index in [2.05, 4.69) is 10.0 Å². The molecule has 0 radical (unpaired) electrons. The van der Waals surface area contributed by atoms with Gasteiger partial charge in [-0.3, -0.25) is 4.79 Å². The quantitative estimate of drug-likeness (QED) is 0.702. The zero-order chi connectivity index (χ0) is 16.5. The fourth-order valence-electron chi connectivity index (χ4n) is 1.92. The highest BCUT2D eigenvalue weighted by atomic mass is 32.2. The van der Waals surface area contributed by atoms with Gasteiger partial charge in [0, 0.05) is 24.2 Å². The number of carbonyl (C=O) groups excluding carboxylic acids is 1. The van der Waals surface area contributed by atoms with E-state index in [9.17, 15) is 13.2 Å². The molecule has 0 aromatic heterocycles.